The second kappa shape index (κ2) is 13.1. The Labute approximate surface area is 248 Å². The number of aromatic nitrogens is 2. The number of anilines is 1. The highest BCUT2D eigenvalue weighted by Gasteiger charge is 2.40. The van der Waals surface area contributed by atoms with Crippen LogP contribution in [-0.4, -0.2) is 64.9 Å². The monoisotopic (exact) mass is 620 g/mol. The van der Waals surface area contributed by atoms with Crippen molar-refractivity contribution < 1.29 is 23.8 Å². The van der Waals surface area contributed by atoms with Crippen molar-refractivity contribution in [2.45, 2.75) is 31.7 Å². The highest BCUT2D eigenvalue weighted by molar-refractivity contribution is 9.09. The van der Waals surface area contributed by atoms with Crippen molar-refractivity contribution in [3.05, 3.63) is 84.8 Å². The van der Waals surface area contributed by atoms with Crippen LogP contribution in [0.1, 0.15) is 41.6 Å². The average Bonchev–Trinajstić information content (AvgIpc) is 3.67. The maximum Gasteiger partial charge on any atom is 0.414 e. The number of hydrogen-bond donors (Lipinski definition) is 0. The minimum atomic E-state index is -0.550. The van der Waals surface area contributed by atoms with E-state index in [1.165, 1.54) is 11.0 Å². The quantitative estimate of drug-likeness (QED) is 0.144. The lowest BCUT2D eigenvalue weighted by atomic mass is 10.0. The van der Waals surface area contributed by atoms with Gasteiger partial charge in [-0.25, -0.2) is 9.48 Å². The molecule has 0 fully saturated rings. The number of carbonyl (C=O) groups is 2. The Hall–Kier alpha value is -4.05. The molecular weight excluding hydrogens is 588 g/mol. The fourth-order valence-corrected chi connectivity index (χ4v) is 5.49. The van der Waals surface area contributed by atoms with Gasteiger partial charge in [-0.05, 0) is 61.1 Å². The van der Waals surface area contributed by atoms with Crippen molar-refractivity contribution in [1.82, 2.24) is 14.7 Å². The molecule has 5 rings (SSSR count). The number of fused-ring (bicyclic) bond motifs is 2. The van der Waals surface area contributed by atoms with E-state index < -0.39 is 6.09 Å². The molecular formula is C31H33BrN4O5. The number of amides is 2. The Morgan fingerprint density at radius 3 is 2.71 bits per heavy atom. The van der Waals surface area contributed by atoms with Crippen molar-refractivity contribution in [2.75, 3.05) is 37.1 Å². The molecule has 10 heteroatoms. The van der Waals surface area contributed by atoms with Gasteiger partial charge in [0.05, 0.1) is 43.2 Å². The zero-order valence-corrected chi connectivity index (χ0v) is 24.6. The molecule has 3 aromatic rings. The van der Waals surface area contributed by atoms with E-state index >= 15 is 0 Å². The summed E-state index contributed by atoms with van der Waals surface area (Å²) in [6.07, 6.45) is 10.0. The summed E-state index contributed by atoms with van der Waals surface area (Å²) in [6.45, 7) is 4.47. The molecule has 0 spiro atoms. The predicted octanol–water partition coefficient (Wildman–Crippen LogP) is 6.22. The number of unbranched alkanes of at least 4 members (excludes halogenated alkanes) is 2. The van der Waals surface area contributed by atoms with Crippen LogP contribution in [-0.2, 0) is 4.74 Å². The molecule has 2 aliphatic heterocycles. The van der Waals surface area contributed by atoms with Gasteiger partial charge in [0.1, 0.15) is 6.61 Å². The van der Waals surface area contributed by atoms with Crippen LogP contribution < -0.4 is 14.4 Å². The van der Waals surface area contributed by atoms with Gasteiger partial charge in [-0.3, -0.25) is 9.69 Å². The highest BCUT2D eigenvalue weighted by atomic mass is 79.9. The molecule has 41 heavy (non-hydrogen) atoms. The van der Waals surface area contributed by atoms with Gasteiger partial charge in [0.15, 0.2) is 11.5 Å². The van der Waals surface area contributed by atoms with E-state index in [-0.39, 0.29) is 25.1 Å². The van der Waals surface area contributed by atoms with Crippen LogP contribution in [0.5, 0.6) is 11.5 Å². The predicted molar refractivity (Wildman–Crippen MR) is 161 cm³/mol. The molecule has 2 aliphatic rings. The van der Waals surface area contributed by atoms with Gasteiger partial charge in [-0.1, -0.05) is 40.7 Å². The first-order chi connectivity index (χ1) is 20.0. The first-order valence-corrected chi connectivity index (χ1v) is 14.8. The highest BCUT2D eigenvalue weighted by Crippen LogP contribution is 2.41. The van der Waals surface area contributed by atoms with Crippen molar-refractivity contribution in [1.29, 1.82) is 0 Å². The van der Waals surface area contributed by atoms with Crippen LogP contribution in [0.25, 0.3) is 11.3 Å². The molecule has 0 saturated heterocycles. The Bertz CT molecular complexity index is 1420. The lowest BCUT2D eigenvalue weighted by Crippen LogP contribution is -2.41. The van der Waals surface area contributed by atoms with Crippen LogP contribution >= 0.6 is 15.9 Å². The number of carbonyl (C=O) groups excluding carboxylic acids is 2. The number of alkyl halides is 1. The molecule has 2 aromatic carbocycles. The molecule has 1 atom stereocenters. The molecule has 0 unspecified atom stereocenters. The number of methoxy groups -OCH3 is 1. The fraction of sp³-hybridized carbons (Fsp3) is 0.323. The smallest absolute Gasteiger partial charge is 0.414 e. The summed E-state index contributed by atoms with van der Waals surface area (Å²) >= 11 is 3.45. The topological polar surface area (TPSA) is 86.1 Å². The van der Waals surface area contributed by atoms with E-state index in [1.54, 1.807) is 35.0 Å². The molecule has 0 N–H and O–H groups in total. The molecule has 0 bridgehead atoms. The SMILES string of the molecule is C=CCOC(=O)N1C[C@@H]2CC(c3ccc(-n4cccn4)cc3)=CN2C(=O)c2cc(OC)c(OCCCCCBr)cc21. The largest absolute Gasteiger partial charge is 0.493 e. The summed E-state index contributed by atoms with van der Waals surface area (Å²) in [6, 6.07) is 13.0. The molecule has 1 aromatic heterocycles. The molecule has 0 saturated carbocycles. The molecule has 2 amide bonds. The molecule has 3 heterocycles. The van der Waals surface area contributed by atoms with Crippen LogP contribution in [0.3, 0.4) is 0 Å². The van der Waals surface area contributed by atoms with E-state index in [9.17, 15) is 9.59 Å². The van der Waals surface area contributed by atoms with E-state index in [1.807, 2.05) is 42.7 Å². The van der Waals surface area contributed by atoms with Crippen LogP contribution in [0, 0.1) is 0 Å². The fourth-order valence-electron chi connectivity index (χ4n) is 5.10. The lowest BCUT2D eigenvalue weighted by molar-refractivity contribution is 0.0794. The third-order valence-electron chi connectivity index (χ3n) is 7.16. The number of rotatable bonds is 11. The Morgan fingerprint density at radius 1 is 1.17 bits per heavy atom. The number of benzene rings is 2. The van der Waals surface area contributed by atoms with Gasteiger partial charge in [0, 0.05) is 30.0 Å². The van der Waals surface area contributed by atoms with Gasteiger partial charge in [-0.15, -0.1) is 0 Å². The van der Waals surface area contributed by atoms with Crippen molar-refractivity contribution in [3.63, 3.8) is 0 Å². The first kappa shape index (κ1) is 28.5. The normalized spacial score (nSPS) is 16.0. The first-order valence-electron chi connectivity index (χ1n) is 13.6. The zero-order chi connectivity index (χ0) is 28.8. The molecule has 0 aliphatic carbocycles. The zero-order valence-electron chi connectivity index (χ0n) is 23.0. The summed E-state index contributed by atoms with van der Waals surface area (Å²) in [5.74, 6) is 0.706. The van der Waals surface area contributed by atoms with E-state index in [0.29, 0.717) is 35.8 Å². The Morgan fingerprint density at radius 2 is 2.00 bits per heavy atom. The minimum absolute atomic E-state index is 0.0617. The van der Waals surface area contributed by atoms with Gasteiger partial charge < -0.3 is 19.1 Å². The van der Waals surface area contributed by atoms with Gasteiger partial charge >= 0.3 is 6.09 Å². The maximum atomic E-state index is 14.0. The van der Waals surface area contributed by atoms with Gasteiger partial charge in [0.25, 0.3) is 5.91 Å². The molecule has 0 radical (unpaired) electrons. The Kier molecular flexibility index (Phi) is 9.08. The second-order valence-electron chi connectivity index (χ2n) is 9.82. The van der Waals surface area contributed by atoms with E-state index in [0.717, 1.165) is 41.4 Å². The number of hydrogen-bond acceptors (Lipinski definition) is 6. The number of nitrogens with zero attached hydrogens (tertiary/aromatic N) is 4. The Balaban J connectivity index is 1.46. The van der Waals surface area contributed by atoms with Crippen LogP contribution in [0.2, 0.25) is 0 Å². The van der Waals surface area contributed by atoms with Crippen LogP contribution in [0.15, 0.2) is 73.7 Å². The summed E-state index contributed by atoms with van der Waals surface area (Å²) in [5.41, 5.74) is 3.74. The standard InChI is InChI=1S/C31H33BrN4O5/c1-3-15-41-31(38)35-21-25-17-23(22-8-10-24(11-9-22)36-14-7-13-33-36)20-34(25)30(37)26-18-28(39-2)29(19-27(26)35)40-16-6-4-5-12-32/h3,7-11,13-14,18-20,25H,1,4-6,12,15-17,21H2,2H3/t25-/m0/s1. The molecule has 214 valence electrons. The minimum Gasteiger partial charge on any atom is -0.493 e. The summed E-state index contributed by atoms with van der Waals surface area (Å²) in [7, 11) is 1.54. The lowest BCUT2D eigenvalue weighted by Gasteiger charge is -2.26. The third kappa shape index (κ3) is 6.17. The van der Waals surface area contributed by atoms with E-state index in [4.69, 9.17) is 14.2 Å². The van der Waals surface area contributed by atoms with Crippen molar-refractivity contribution in [3.8, 4) is 17.2 Å². The van der Waals surface area contributed by atoms with Gasteiger partial charge in [0.2, 0.25) is 0 Å². The van der Waals surface area contributed by atoms with Crippen molar-refractivity contribution in [2.24, 2.45) is 0 Å². The van der Waals surface area contributed by atoms with Gasteiger partial charge in [-0.2, -0.15) is 5.10 Å². The van der Waals surface area contributed by atoms with E-state index in [2.05, 4.69) is 27.6 Å². The summed E-state index contributed by atoms with van der Waals surface area (Å²) in [5, 5.41) is 5.23. The average molecular weight is 622 g/mol. The molecule has 9 nitrogen and oxygen atoms in total. The number of ether oxygens (including phenoxy) is 3. The van der Waals surface area contributed by atoms with Crippen LogP contribution in [0.4, 0.5) is 10.5 Å². The summed E-state index contributed by atoms with van der Waals surface area (Å²) in [4.78, 5) is 30.5. The number of halogens is 1. The third-order valence-corrected chi connectivity index (χ3v) is 7.72. The second-order valence-corrected chi connectivity index (χ2v) is 10.6. The maximum absolute atomic E-state index is 14.0. The van der Waals surface area contributed by atoms with Crippen molar-refractivity contribution >= 4 is 39.2 Å². The summed E-state index contributed by atoms with van der Waals surface area (Å²) < 4.78 is 18.9.